The molecular weight excluding hydrogens is 460 g/mol. The van der Waals surface area contributed by atoms with Crippen molar-refractivity contribution < 1.29 is 13.2 Å². The summed E-state index contributed by atoms with van der Waals surface area (Å²) >= 11 is 11.8. The Kier molecular flexibility index (Phi) is 6.30. The van der Waals surface area contributed by atoms with Crippen molar-refractivity contribution in [2.75, 3.05) is 0 Å². The third-order valence-electron chi connectivity index (χ3n) is 4.76. The Bertz CT molecular complexity index is 1220. The predicted octanol–water partition coefficient (Wildman–Crippen LogP) is 7.00. The number of hydrogen-bond acceptors (Lipinski definition) is 3. The van der Waals surface area contributed by atoms with E-state index in [-0.39, 0.29) is 15.6 Å². The molecule has 2 aromatic heterocycles. The smallest absolute Gasteiger partial charge is 0.265 e. The summed E-state index contributed by atoms with van der Waals surface area (Å²) in [5, 5.41) is 4.45. The summed E-state index contributed by atoms with van der Waals surface area (Å²) in [5.74, 6) is -1.86. The highest BCUT2D eigenvalue weighted by atomic mass is 35.5. The van der Waals surface area contributed by atoms with Crippen LogP contribution in [0, 0.1) is 0 Å². The fourth-order valence-corrected chi connectivity index (χ4v) is 3.87. The van der Waals surface area contributed by atoms with Crippen molar-refractivity contribution in [2.24, 2.45) is 0 Å². The Morgan fingerprint density at radius 2 is 1.62 bits per heavy atom. The standard InChI is InChI=1S/C23H15Cl2F3N4/c24-18-10-17(11-19(25)12-18)21(23(26,27)28)3-1-15-2-4-22(32-14-30-13-31-32)20(9-15)16-5-7-29-8-6-16/h1-14,21H/b3-1+. The average molecular weight is 475 g/mol. The van der Waals surface area contributed by atoms with Gasteiger partial charge in [-0.05, 0) is 59.2 Å². The van der Waals surface area contributed by atoms with Crippen LogP contribution in [0.15, 0.2) is 79.7 Å². The van der Waals surface area contributed by atoms with Crippen LogP contribution < -0.4 is 0 Å². The van der Waals surface area contributed by atoms with Gasteiger partial charge < -0.3 is 0 Å². The van der Waals surface area contributed by atoms with Crippen LogP contribution in [0.3, 0.4) is 0 Å². The summed E-state index contributed by atoms with van der Waals surface area (Å²) in [5.41, 5.74) is 2.91. The number of benzene rings is 2. The van der Waals surface area contributed by atoms with Gasteiger partial charge in [0.15, 0.2) is 0 Å². The molecular formula is C23H15Cl2F3N4. The lowest BCUT2D eigenvalue weighted by Gasteiger charge is -2.18. The second-order valence-corrected chi connectivity index (χ2v) is 7.81. The maximum atomic E-state index is 13.8. The highest BCUT2D eigenvalue weighted by Gasteiger charge is 2.39. The summed E-state index contributed by atoms with van der Waals surface area (Å²) in [6, 6.07) is 12.9. The fraction of sp³-hybridized carbons (Fsp3) is 0.0870. The normalized spacial score (nSPS) is 12.9. The molecule has 4 nitrogen and oxygen atoms in total. The van der Waals surface area contributed by atoms with Crippen molar-refractivity contribution in [3.63, 3.8) is 0 Å². The Labute approximate surface area is 192 Å². The molecule has 32 heavy (non-hydrogen) atoms. The van der Waals surface area contributed by atoms with Crippen molar-refractivity contribution in [3.05, 3.63) is 101 Å². The zero-order valence-electron chi connectivity index (χ0n) is 16.3. The molecule has 0 amide bonds. The van der Waals surface area contributed by atoms with Gasteiger partial charge in [0, 0.05) is 28.0 Å². The van der Waals surface area contributed by atoms with Gasteiger partial charge in [-0.15, -0.1) is 0 Å². The highest BCUT2D eigenvalue weighted by Crippen LogP contribution is 2.38. The number of pyridine rings is 1. The van der Waals surface area contributed by atoms with Crippen molar-refractivity contribution in [1.29, 1.82) is 0 Å². The summed E-state index contributed by atoms with van der Waals surface area (Å²) in [6.07, 6.45) is 4.27. The molecule has 2 heterocycles. The van der Waals surface area contributed by atoms with Crippen LogP contribution in [0.25, 0.3) is 22.9 Å². The molecule has 4 aromatic rings. The van der Waals surface area contributed by atoms with Crippen LogP contribution in [0.5, 0.6) is 0 Å². The minimum absolute atomic E-state index is 0.0279. The van der Waals surface area contributed by atoms with E-state index in [0.717, 1.165) is 22.9 Å². The van der Waals surface area contributed by atoms with E-state index in [2.05, 4.69) is 15.1 Å². The average Bonchev–Trinajstić information content (AvgIpc) is 3.27. The van der Waals surface area contributed by atoms with E-state index >= 15 is 0 Å². The van der Waals surface area contributed by atoms with E-state index in [1.165, 1.54) is 30.6 Å². The molecule has 0 saturated carbocycles. The monoisotopic (exact) mass is 474 g/mol. The quantitative estimate of drug-likeness (QED) is 0.312. The Balaban J connectivity index is 1.76. The molecule has 4 rings (SSSR count). The van der Waals surface area contributed by atoms with Crippen LogP contribution in [0.1, 0.15) is 17.0 Å². The van der Waals surface area contributed by atoms with Gasteiger partial charge in [-0.3, -0.25) is 4.98 Å². The first-order valence-electron chi connectivity index (χ1n) is 9.41. The number of rotatable bonds is 5. The molecule has 162 valence electrons. The molecule has 2 aromatic carbocycles. The number of aromatic nitrogens is 4. The minimum atomic E-state index is -4.51. The van der Waals surface area contributed by atoms with E-state index < -0.39 is 12.1 Å². The van der Waals surface area contributed by atoms with Gasteiger partial charge in [-0.25, -0.2) is 9.67 Å². The highest BCUT2D eigenvalue weighted by molar-refractivity contribution is 6.34. The number of hydrogen-bond donors (Lipinski definition) is 0. The lowest BCUT2D eigenvalue weighted by molar-refractivity contribution is -0.139. The molecule has 9 heteroatoms. The Hall–Kier alpha value is -3.16. The van der Waals surface area contributed by atoms with E-state index in [1.807, 2.05) is 12.1 Å². The van der Waals surface area contributed by atoms with E-state index in [0.29, 0.717) is 5.56 Å². The Morgan fingerprint density at radius 1 is 0.906 bits per heavy atom. The van der Waals surface area contributed by atoms with Gasteiger partial charge >= 0.3 is 6.18 Å². The van der Waals surface area contributed by atoms with Crippen molar-refractivity contribution in [3.8, 4) is 16.8 Å². The summed E-state index contributed by atoms with van der Waals surface area (Å²) < 4.78 is 43.0. The van der Waals surface area contributed by atoms with E-state index in [9.17, 15) is 13.2 Å². The molecule has 0 bridgehead atoms. The molecule has 0 radical (unpaired) electrons. The number of nitrogens with zero attached hydrogens (tertiary/aromatic N) is 4. The van der Waals surface area contributed by atoms with Gasteiger partial charge in [0.1, 0.15) is 12.7 Å². The maximum absolute atomic E-state index is 13.8. The van der Waals surface area contributed by atoms with Crippen LogP contribution in [-0.2, 0) is 0 Å². The van der Waals surface area contributed by atoms with Crippen LogP contribution in [0.2, 0.25) is 10.0 Å². The van der Waals surface area contributed by atoms with Crippen molar-refractivity contribution in [2.45, 2.75) is 12.1 Å². The van der Waals surface area contributed by atoms with Crippen molar-refractivity contribution in [1.82, 2.24) is 19.7 Å². The summed E-state index contributed by atoms with van der Waals surface area (Å²) in [4.78, 5) is 7.99. The summed E-state index contributed by atoms with van der Waals surface area (Å²) in [6.45, 7) is 0. The topological polar surface area (TPSA) is 43.6 Å². The van der Waals surface area contributed by atoms with Gasteiger partial charge in [0.05, 0.1) is 11.6 Å². The van der Waals surface area contributed by atoms with Gasteiger partial charge in [0.25, 0.3) is 0 Å². The second kappa shape index (κ2) is 9.14. The molecule has 0 aliphatic carbocycles. The lowest BCUT2D eigenvalue weighted by atomic mass is 9.96. The zero-order chi connectivity index (χ0) is 22.7. The van der Waals surface area contributed by atoms with Crippen LogP contribution >= 0.6 is 23.2 Å². The van der Waals surface area contributed by atoms with Crippen LogP contribution in [0.4, 0.5) is 13.2 Å². The van der Waals surface area contributed by atoms with Gasteiger partial charge in [-0.1, -0.05) is 41.4 Å². The first kappa shape index (κ1) is 22.0. The first-order chi connectivity index (χ1) is 15.3. The Morgan fingerprint density at radius 3 is 2.25 bits per heavy atom. The molecule has 0 N–H and O–H groups in total. The summed E-state index contributed by atoms with van der Waals surface area (Å²) in [7, 11) is 0. The molecule has 0 aliphatic heterocycles. The predicted molar refractivity (Wildman–Crippen MR) is 119 cm³/mol. The zero-order valence-corrected chi connectivity index (χ0v) is 17.9. The van der Waals surface area contributed by atoms with Crippen molar-refractivity contribution >= 4 is 29.3 Å². The van der Waals surface area contributed by atoms with Gasteiger partial charge in [-0.2, -0.15) is 18.3 Å². The number of halogens is 5. The maximum Gasteiger partial charge on any atom is 0.399 e. The van der Waals surface area contributed by atoms with E-state index in [1.54, 1.807) is 41.6 Å². The van der Waals surface area contributed by atoms with E-state index in [4.69, 9.17) is 23.2 Å². The minimum Gasteiger partial charge on any atom is -0.265 e. The first-order valence-corrected chi connectivity index (χ1v) is 10.2. The lowest BCUT2D eigenvalue weighted by Crippen LogP contribution is -2.18. The van der Waals surface area contributed by atoms with Gasteiger partial charge in [0.2, 0.25) is 0 Å². The molecule has 0 aliphatic rings. The molecule has 0 saturated heterocycles. The largest absolute Gasteiger partial charge is 0.399 e. The molecule has 1 unspecified atom stereocenters. The third kappa shape index (κ3) is 5.00. The number of alkyl halides is 3. The third-order valence-corrected chi connectivity index (χ3v) is 5.19. The molecule has 1 atom stereocenters. The number of allylic oxidation sites excluding steroid dienone is 1. The second-order valence-electron chi connectivity index (χ2n) is 6.93. The molecule has 0 spiro atoms. The molecule has 0 fully saturated rings. The SMILES string of the molecule is FC(F)(F)C(/C=C/c1ccc(-n2cncn2)c(-c2ccncc2)c1)c1cc(Cl)cc(Cl)c1. The fourth-order valence-electron chi connectivity index (χ4n) is 3.32. The van der Waals surface area contributed by atoms with Crippen LogP contribution in [-0.4, -0.2) is 25.9 Å².